The van der Waals surface area contributed by atoms with Crippen LogP contribution in [0.2, 0.25) is 0 Å². The molecule has 0 spiro atoms. The van der Waals surface area contributed by atoms with Gasteiger partial charge < -0.3 is 20.5 Å². The lowest BCUT2D eigenvalue weighted by Crippen LogP contribution is -2.46. The molecule has 0 aliphatic carbocycles. The first-order valence-corrected chi connectivity index (χ1v) is 10.9. The highest BCUT2D eigenvalue weighted by atomic mass is 127. The van der Waals surface area contributed by atoms with Crippen molar-refractivity contribution >= 4 is 51.3 Å². The number of ether oxygens (including phenoxy) is 1. The Hall–Kier alpha value is -0.470. The summed E-state index contributed by atoms with van der Waals surface area (Å²) in [7, 11) is -1.80. The Morgan fingerprint density at radius 1 is 1.37 bits per heavy atom. The number of aryl methyl sites for hydroxylation is 1. The molecule has 11 heteroatoms. The average molecular weight is 532 g/mol. The van der Waals surface area contributed by atoms with Crippen molar-refractivity contribution in [1.82, 2.24) is 15.4 Å². The van der Waals surface area contributed by atoms with Crippen LogP contribution in [-0.4, -0.2) is 66.0 Å². The largest absolute Gasteiger partial charge is 0.396 e. The first kappa shape index (κ1) is 24.6. The zero-order valence-corrected chi connectivity index (χ0v) is 19.6. The summed E-state index contributed by atoms with van der Waals surface area (Å²) in [6.07, 6.45) is 1.58. The number of halogens is 1. The minimum Gasteiger partial charge on any atom is -0.396 e. The molecule has 2 heterocycles. The van der Waals surface area contributed by atoms with E-state index < -0.39 is 10.0 Å². The molecule has 1 aromatic rings. The van der Waals surface area contributed by atoms with E-state index in [-0.39, 0.29) is 42.5 Å². The van der Waals surface area contributed by atoms with Gasteiger partial charge >= 0.3 is 0 Å². The first-order chi connectivity index (χ1) is 12.4. The van der Waals surface area contributed by atoms with Gasteiger partial charge in [0, 0.05) is 50.2 Å². The molecule has 0 saturated carbocycles. The number of nitrogens with one attached hydrogen (secondary N) is 3. The molecule has 27 heavy (non-hydrogen) atoms. The van der Waals surface area contributed by atoms with Crippen LogP contribution < -0.4 is 15.4 Å². The molecule has 2 rings (SSSR count). The number of nitrogens with zero attached hydrogens (tertiary/aromatic N) is 1. The lowest BCUT2D eigenvalue weighted by atomic mass is 9.84. The van der Waals surface area contributed by atoms with Crippen LogP contribution in [0.3, 0.4) is 0 Å². The van der Waals surface area contributed by atoms with Gasteiger partial charge in [-0.15, -0.1) is 35.3 Å². The fraction of sp³-hybridized carbons (Fsp3) is 0.688. The van der Waals surface area contributed by atoms with Gasteiger partial charge in [-0.1, -0.05) is 0 Å². The Bertz CT molecular complexity index is 703. The number of sulfonamides is 1. The maximum atomic E-state index is 12.2. The number of aliphatic hydroxyl groups is 1. The Morgan fingerprint density at radius 2 is 2.15 bits per heavy atom. The van der Waals surface area contributed by atoms with Crippen LogP contribution in [0.15, 0.2) is 21.3 Å². The topological polar surface area (TPSA) is 112 Å². The molecule has 1 atom stereocenters. The molecule has 8 nitrogen and oxygen atoms in total. The smallest absolute Gasteiger partial charge is 0.250 e. The second kappa shape index (κ2) is 11.5. The molecule has 0 radical (unpaired) electrons. The third-order valence-corrected chi connectivity index (χ3v) is 7.33. The van der Waals surface area contributed by atoms with Gasteiger partial charge in [-0.25, -0.2) is 13.1 Å². The molecule has 156 valence electrons. The Kier molecular flexibility index (Phi) is 10.5. The summed E-state index contributed by atoms with van der Waals surface area (Å²) in [4.78, 5) is 5.11. The van der Waals surface area contributed by atoms with Gasteiger partial charge in [-0.05, 0) is 31.9 Å². The fourth-order valence-corrected chi connectivity index (χ4v) is 5.16. The van der Waals surface area contributed by atoms with Crippen LogP contribution in [0.5, 0.6) is 0 Å². The van der Waals surface area contributed by atoms with Gasteiger partial charge in [0.25, 0.3) is 0 Å². The van der Waals surface area contributed by atoms with Gasteiger partial charge in [-0.2, -0.15) is 0 Å². The van der Waals surface area contributed by atoms with E-state index in [1.165, 1.54) is 11.3 Å². The van der Waals surface area contributed by atoms with E-state index in [4.69, 9.17) is 4.74 Å². The minimum atomic E-state index is -3.46. The van der Waals surface area contributed by atoms with Crippen molar-refractivity contribution in [3.63, 3.8) is 0 Å². The summed E-state index contributed by atoms with van der Waals surface area (Å²) >= 11 is 1.25. The third kappa shape index (κ3) is 7.46. The van der Waals surface area contributed by atoms with Crippen LogP contribution >= 0.6 is 35.3 Å². The van der Waals surface area contributed by atoms with Crippen LogP contribution in [-0.2, 0) is 14.8 Å². The molecule has 4 N–H and O–H groups in total. The van der Waals surface area contributed by atoms with Crippen molar-refractivity contribution in [2.24, 2.45) is 10.4 Å². The average Bonchev–Trinajstić information content (AvgIpc) is 3.24. The normalized spacial score (nSPS) is 20.3. The third-order valence-electron chi connectivity index (χ3n) is 4.37. The van der Waals surface area contributed by atoms with Crippen molar-refractivity contribution < 1.29 is 18.3 Å². The predicted octanol–water partition coefficient (Wildman–Crippen LogP) is 0.907. The molecule has 0 amide bonds. The van der Waals surface area contributed by atoms with Gasteiger partial charge in [0.2, 0.25) is 10.0 Å². The van der Waals surface area contributed by atoms with E-state index in [9.17, 15) is 13.5 Å². The molecule has 1 saturated heterocycles. The SMILES string of the molecule is CN=C(NCCNS(=O)(=O)c1ccc(C)s1)NCC1(CCO)CCOC1.I. The zero-order valence-electron chi connectivity index (χ0n) is 15.7. The van der Waals surface area contributed by atoms with E-state index in [0.717, 1.165) is 11.3 Å². The second-order valence-corrected chi connectivity index (χ2v) is 9.67. The molecule has 0 aromatic carbocycles. The Balaban J connectivity index is 0.00000364. The number of aliphatic hydroxyl groups excluding tert-OH is 1. The zero-order chi connectivity index (χ0) is 19.0. The second-order valence-electron chi connectivity index (χ2n) is 6.39. The molecule has 0 bridgehead atoms. The number of guanidine groups is 1. The summed E-state index contributed by atoms with van der Waals surface area (Å²) in [5.41, 5.74) is -0.0784. The van der Waals surface area contributed by atoms with Crippen LogP contribution in [0.4, 0.5) is 0 Å². The summed E-state index contributed by atoms with van der Waals surface area (Å²) in [6.45, 7) is 4.64. The fourth-order valence-electron chi connectivity index (χ4n) is 2.80. The van der Waals surface area contributed by atoms with Crippen molar-refractivity contribution in [3.8, 4) is 0 Å². The predicted molar refractivity (Wildman–Crippen MR) is 119 cm³/mol. The summed E-state index contributed by atoms with van der Waals surface area (Å²) in [5, 5.41) is 15.6. The molecular formula is C16H29IN4O4S2. The van der Waals surface area contributed by atoms with Crippen molar-refractivity contribution in [2.45, 2.75) is 24.0 Å². The van der Waals surface area contributed by atoms with Crippen LogP contribution in [0.25, 0.3) is 0 Å². The quantitative estimate of drug-likeness (QED) is 0.163. The number of rotatable bonds is 9. The molecule has 1 aliphatic heterocycles. The molecule has 1 fully saturated rings. The number of hydrogen-bond acceptors (Lipinski definition) is 6. The summed E-state index contributed by atoms with van der Waals surface area (Å²) in [6, 6.07) is 3.40. The lowest BCUT2D eigenvalue weighted by molar-refractivity contribution is 0.127. The monoisotopic (exact) mass is 532 g/mol. The Morgan fingerprint density at radius 3 is 2.70 bits per heavy atom. The van der Waals surface area contributed by atoms with E-state index in [0.29, 0.717) is 42.9 Å². The highest BCUT2D eigenvalue weighted by Gasteiger charge is 2.34. The Labute approximate surface area is 182 Å². The number of thiophene rings is 1. The standard InChI is InChI=1S/C16H28N4O4S2.HI/c1-13-3-4-14(25-13)26(22,23)20-8-7-18-15(17-2)19-11-16(5-9-21)6-10-24-12-16;/h3-4,20-21H,5-12H2,1-2H3,(H2,17,18,19);1H. The lowest BCUT2D eigenvalue weighted by Gasteiger charge is -2.27. The molecule has 1 aliphatic rings. The van der Waals surface area contributed by atoms with Crippen molar-refractivity contribution in [2.75, 3.05) is 46.5 Å². The molecule has 1 aromatic heterocycles. The maximum Gasteiger partial charge on any atom is 0.250 e. The number of aliphatic imine (C=N–C) groups is 1. The number of hydrogen-bond donors (Lipinski definition) is 4. The molecule has 1 unspecified atom stereocenters. The van der Waals surface area contributed by atoms with E-state index in [1.54, 1.807) is 19.2 Å². The molecular weight excluding hydrogens is 503 g/mol. The highest BCUT2D eigenvalue weighted by Crippen LogP contribution is 2.31. The summed E-state index contributed by atoms with van der Waals surface area (Å²) in [5.74, 6) is 0.598. The van der Waals surface area contributed by atoms with Gasteiger partial charge in [-0.3, -0.25) is 4.99 Å². The van der Waals surface area contributed by atoms with Crippen LogP contribution in [0.1, 0.15) is 17.7 Å². The van der Waals surface area contributed by atoms with E-state index in [2.05, 4.69) is 20.3 Å². The van der Waals surface area contributed by atoms with Crippen molar-refractivity contribution in [1.29, 1.82) is 0 Å². The maximum absolute atomic E-state index is 12.2. The van der Waals surface area contributed by atoms with Crippen LogP contribution in [0, 0.1) is 12.3 Å². The first-order valence-electron chi connectivity index (χ1n) is 8.60. The van der Waals surface area contributed by atoms with Gasteiger partial charge in [0.05, 0.1) is 6.61 Å². The van der Waals surface area contributed by atoms with E-state index >= 15 is 0 Å². The van der Waals surface area contributed by atoms with Gasteiger partial charge in [0.1, 0.15) is 4.21 Å². The van der Waals surface area contributed by atoms with E-state index in [1.807, 2.05) is 6.92 Å². The van der Waals surface area contributed by atoms with Crippen molar-refractivity contribution in [3.05, 3.63) is 17.0 Å². The minimum absolute atomic E-state index is 0. The summed E-state index contributed by atoms with van der Waals surface area (Å²) < 4.78 is 32.7. The highest BCUT2D eigenvalue weighted by molar-refractivity contribution is 14.0. The van der Waals surface area contributed by atoms with Gasteiger partial charge in [0.15, 0.2) is 5.96 Å².